The number of rotatable bonds is 6. The van der Waals surface area contributed by atoms with Crippen LogP contribution in [0.2, 0.25) is 0 Å². The molecule has 3 N–H and O–H groups in total. The Morgan fingerprint density at radius 2 is 1.85 bits per heavy atom. The number of carboxylic acid groups (broad SMARTS) is 1. The average molecular weight is 343 g/mol. The molecule has 0 fully saturated rings. The maximum atomic E-state index is 11.8. The van der Waals surface area contributed by atoms with E-state index in [9.17, 15) is 9.59 Å². The van der Waals surface area contributed by atoms with Gasteiger partial charge in [0, 0.05) is 10.5 Å². The molecule has 6 heteroatoms. The van der Waals surface area contributed by atoms with Crippen LogP contribution in [0.1, 0.15) is 38.3 Å². The van der Waals surface area contributed by atoms with Gasteiger partial charge in [-0.05, 0) is 31.0 Å². The molecule has 2 atom stereocenters. The Morgan fingerprint density at radius 1 is 1.25 bits per heavy atom. The molecular formula is C14H19BrN2O3. The van der Waals surface area contributed by atoms with Crippen LogP contribution in [0.15, 0.2) is 28.7 Å². The van der Waals surface area contributed by atoms with E-state index in [2.05, 4.69) is 26.6 Å². The van der Waals surface area contributed by atoms with Crippen molar-refractivity contribution in [3.05, 3.63) is 34.3 Å². The lowest BCUT2D eigenvalue weighted by molar-refractivity contribution is -0.137. The molecule has 0 aromatic heterocycles. The SMILES string of the molecule is CCC(CC(=O)O)NC(=O)NC(C)c1ccc(Br)cc1. The molecule has 5 nitrogen and oxygen atoms in total. The van der Waals surface area contributed by atoms with Crippen molar-refractivity contribution in [3.63, 3.8) is 0 Å². The Bertz CT molecular complexity index is 462. The largest absolute Gasteiger partial charge is 0.481 e. The van der Waals surface area contributed by atoms with Gasteiger partial charge in [0.15, 0.2) is 0 Å². The highest BCUT2D eigenvalue weighted by Crippen LogP contribution is 2.16. The first-order chi connectivity index (χ1) is 9.42. The van der Waals surface area contributed by atoms with Crippen LogP contribution in [0.25, 0.3) is 0 Å². The van der Waals surface area contributed by atoms with Crippen LogP contribution in [-0.4, -0.2) is 23.1 Å². The third-order valence-electron chi connectivity index (χ3n) is 2.97. The summed E-state index contributed by atoms with van der Waals surface area (Å²) in [5.41, 5.74) is 0.981. The molecule has 2 unspecified atom stereocenters. The zero-order valence-corrected chi connectivity index (χ0v) is 13.1. The third kappa shape index (κ3) is 5.61. The minimum atomic E-state index is -0.918. The summed E-state index contributed by atoms with van der Waals surface area (Å²) in [6, 6.07) is 6.80. The first-order valence-electron chi connectivity index (χ1n) is 6.46. The van der Waals surface area contributed by atoms with Crippen LogP contribution in [0, 0.1) is 0 Å². The molecule has 0 bridgehead atoms. The van der Waals surface area contributed by atoms with Gasteiger partial charge in [-0.25, -0.2) is 4.79 Å². The first kappa shape index (κ1) is 16.5. The number of aliphatic carboxylic acids is 1. The van der Waals surface area contributed by atoms with Crippen LogP contribution in [0.4, 0.5) is 4.79 Å². The molecule has 0 aliphatic carbocycles. The summed E-state index contributed by atoms with van der Waals surface area (Å²) < 4.78 is 0.977. The van der Waals surface area contributed by atoms with Gasteiger partial charge < -0.3 is 15.7 Å². The summed E-state index contributed by atoms with van der Waals surface area (Å²) in [5, 5.41) is 14.2. The number of carboxylic acids is 1. The summed E-state index contributed by atoms with van der Waals surface area (Å²) >= 11 is 3.36. The van der Waals surface area contributed by atoms with E-state index in [4.69, 9.17) is 5.11 Å². The number of amides is 2. The molecule has 1 aromatic rings. The number of benzene rings is 1. The standard InChI is InChI=1S/C14H19BrN2O3/c1-3-12(8-13(18)19)17-14(20)16-9(2)10-4-6-11(15)7-5-10/h4-7,9,12H,3,8H2,1-2H3,(H,18,19)(H2,16,17,20). The molecular weight excluding hydrogens is 324 g/mol. The zero-order valence-electron chi connectivity index (χ0n) is 11.5. The van der Waals surface area contributed by atoms with Gasteiger partial charge in [0.25, 0.3) is 0 Å². The highest BCUT2D eigenvalue weighted by atomic mass is 79.9. The lowest BCUT2D eigenvalue weighted by Gasteiger charge is -2.19. The molecule has 110 valence electrons. The lowest BCUT2D eigenvalue weighted by atomic mass is 10.1. The van der Waals surface area contributed by atoms with Crippen molar-refractivity contribution in [2.45, 2.75) is 38.8 Å². The van der Waals surface area contributed by atoms with Gasteiger partial charge in [0.05, 0.1) is 12.5 Å². The molecule has 0 spiro atoms. The van der Waals surface area contributed by atoms with Crippen LogP contribution >= 0.6 is 15.9 Å². The van der Waals surface area contributed by atoms with Crippen molar-refractivity contribution in [1.29, 1.82) is 0 Å². The summed E-state index contributed by atoms with van der Waals surface area (Å²) in [4.78, 5) is 22.5. The van der Waals surface area contributed by atoms with E-state index in [-0.39, 0.29) is 24.5 Å². The highest BCUT2D eigenvalue weighted by Gasteiger charge is 2.15. The summed E-state index contributed by atoms with van der Waals surface area (Å²) in [6.07, 6.45) is 0.503. The van der Waals surface area contributed by atoms with E-state index in [0.717, 1.165) is 10.0 Å². The van der Waals surface area contributed by atoms with Gasteiger partial charge in [-0.15, -0.1) is 0 Å². The fraction of sp³-hybridized carbons (Fsp3) is 0.429. The van der Waals surface area contributed by atoms with E-state index in [0.29, 0.717) is 6.42 Å². The molecule has 1 aromatic carbocycles. The van der Waals surface area contributed by atoms with Crippen molar-refractivity contribution in [3.8, 4) is 0 Å². The van der Waals surface area contributed by atoms with Gasteiger partial charge in [-0.3, -0.25) is 4.79 Å². The number of nitrogens with one attached hydrogen (secondary N) is 2. The molecule has 0 aliphatic rings. The maximum Gasteiger partial charge on any atom is 0.315 e. The van der Waals surface area contributed by atoms with Gasteiger partial charge in [0.2, 0.25) is 0 Å². The summed E-state index contributed by atoms with van der Waals surface area (Å²) in [5.74, 6) is -0.918. The minimum absolute atomic E-state index is 0.0728. The third-order valence-corrected chi connectivity index (χ3v) is 3.50. The molecule has 1 rings (SSSR count). The average Bonchev–Trinajstić information content (AvgIpc) is 2.37. The number of urea groups is 1. The highest BCUT2D eigenvalue weighted by molar-refractivity contribution is 9.10. The molecule has 2 amide bonds. The van der Waals surface area contributed by atoms with Crippen molar-refractivity contribution in [2.24, 2.45) is 0 Å². The minimum Gasteiger partial charge on any atom is -0.481 e. The van der Waals surface area contributed by atoms with E-state index in [1.165, 1.54) is 0 Å². The predicted molar refractivity (Wildman–Crippen MR) is 80.6 cm³/mol. The Morgan fingerprint density at radius 3 is 2.35 bits per heavy atom. The smallest absolute Gasteiger partial charge is 0.315 e. The molecule has 0 saturated heterocycles. The Balaban J connectivity index is 2.52. The second-order valence-electron chi connectivity index (χ2n) is 4.59. The van der Waals surface area contributed by atoms with Gasteiger partial charge >= 0.3 is 12.0 Å². The van der Waals surface area contributed by atoms with Crippen LogP contribution in [0.5, 0.6) is 0 Å². The van der Waals surface area contributed by atoms with Crippen molar-refractivity contribution < 1.29 is 14.7 Å². The summed E-state index contributed by atoms with van der Waals surface area (Å²) in [7, 11) is 0. The Kier molecular flexibility index (Phi) is 6.51. The predicted octanol–water partition coefficient (Wildman–Crippen LogP) is 3.06. The fourth-order valence-corrected chi connectivity index (χ4v) is 2.03. The molecule has 0 radical (unpaired) electrons. The quantitative estimate of drug-likeness (QED) is 0.743. The van der Waals surface area contributed by atoms with Crippen LogP contribution < -0.4 is 10.6 Å². The number of hydrogen-bond acceptors (Lipinski definition) is 2. The Labute approximate surface area is 126 Å². The fourth-order valence-electron chi connectivity index (χ4n) is 1.77. The Hall–Kier alpha value is -1.56. The number of carbonyl (C=O) groups excluding carboxylic acids is 1. The monoisotopic (exact) mass is 342 g/mol. The van der Waals surface area contributed by atoms with Crippen molar-refractivity contribution in [2.75, 3.05) is 0 Å². The lowest BCUT2D eigenvalue weighted by Crippen LogP contribution is -2.43. The molecule has 0 saturated carbocycles. The first-order valence-corrected chi connectivity index (χ1v) is 7.26. The van der Waals surface area contributed by atoms with E-state index >= 15 is 0 Å². The van der Waals surface area contributed by atoms with Gasteiger partial charge in [-0.1, -0.05) is 35.0 Å². The molecule has 20 heavy (non-hydrogen) atoms. The number of halogens is 1. The molecule has 0 heterocycles. The van der Waals surface area contributed by atoms with Crippen molar-refractivity contribution >= 4 is 27.9 Å². The molecule has 0 aliphatic heterocycles. The normalized spacial score (nSPS) is 13.3. The van der Waals surface area contributed by atoms with Gasteiger partial charge in [-0.2, -0.15) is 0 Å². The van der Waals surface area contributed by atoms with E-state index < -0.39 is 5.97 Å². The van der Waals surface area contributed by atoms with Crippen LogP contribution in [0.3, 0.4) is 0 Å². The summed E-state index contributed by atoms with van der Waals surface area (Å²) in [6.45, 7) is 3.72. The second kappa shape index (κ2) is 7.89. The number of hydrogen-bond donors (Lipinski definition) is 3. The second-order valence-corrected chi connectivity index (χ2v) is 5.51. The topological polar surface area (TPSA) is 78.4 Å². The van der Waals surface area contributed by atoms with E-state index in [1.807, 2.05) is 38.1 Å². The van der Waals surface area contributed by atoms with Crippen molar-refractivity contribution in [1.82, 2.24) is 10.6 Å². The number of carbonyl (C=O) groups is 2. The van der Waals surface area contributed by atoms with Gasteiger partial charge in [0.1, 0.15) is 0 Å². The maximum absolute atomic E-state index is 11.8. The van der Waals surface area contributed by atoms with Crippen LogP contribution in [-0.2, 0) is 4.79 Å². The van der Waals surface area contributed by atoms with E-state index in [1.54, 1.807) is 0 Å². The zero-order chi connectivity index (χ0) is 15.1.